The number of hydrogen-bond donors (Lipinski definition) is 2. The molecule has 19 heavy (non-hydrogen) atoms. The lowest BCUT2D eigenvalue weighted by molar-refractivity contribution is -0.128. The number of aromatic nitrogens is 2. The summed E-state index contributed by atoms with van der Waals surface area (Å²) >= 11 is 0. The fourth-order valence-electron chi connectivity index (χ4n) is 2.18. The van der Waals surface area contributed by atoms with Crippen LogP contribution in [-0.2, 0) is 12.8 Å². The number of hydrogen-bond acceptors (Lipinski definition) is 4. The van der Waals surface area contributed by atoms with Crippen molar-refractivity contribution in [2.75, 3.05) is 0 Å². The maximum absolute atomic E-state index is 9.72. The summed E-state index contributed by atoms with van der Waals surface area (Å²) in [4.78, 5) is 7.94. The second kappa shape index (κ2) is 5.91. The maximum Gasteiger partial charge on any atom is 0.157 e. The molecule has 0 aliphatic rings. The Balaban J connectivity index is 2.18. The SMILES string of the molecule is CC(Cc1ccncc1)(Cc1ccncc1)C(O)O. The second-order valence-corrected chi connectivity index (χ2v) is 5.09. The van der Waals surface area contributed by atoms with Crippen LogP contribution < -0.4 is 0 Å². The molecule has 2 aromatic rings. The van der Waals surface area contributed by atoms with Crippen LogP contribution in [0.15, 0.2) is 49.1 Å². The minimum Gasteiger partial charge on any atom is -0.368 e. The first-order valence-corrected chi connectivity index (χ1v) is 6.24. The number of rotatable bonds is 5. The van der Waals surface area contributed by atoms with Crippen molar-refractivity contribution in [1.82, 2.24) is 9.97 Å². The molecular weight excluding hydrogens is 240 g/mol. The van der Waals surface area contributed by atoms with Crippen molar-refractivity contribution in [2.24, 2.45) is 5.41 Å². The van der Waals surface area contributed by atoms with Crippen molar-refractivity contribution in [3.05, 3.63) is 60.2 Å². The maximum atomic E-state index is 9.72. The molecule has 0 fully saturated rings. The van der Waals surface area contributed by atoms with Crippen LogP contribution in [0.1, 0.15) is 18.1 Å². The van der Waals surface area contributed by atoms with Gasteiger partial charge in [-0.1, -0.05) is 6.92 Å². The van der Waals surface area contributed by atoms with E-state index in [1.807, 2.05) is 31.2 Å². The highest BCUT2D eigenvalue weighted by atomic mass is 16.5. The van der Waals surface area contributed by atoms with Crippen LogP contribution in [0.25, 0.3) is 0 Å². The number of aliphatic hydroxyl groups is 2. The van der Waals surface area contributed by atoms with Crippen molar-refractivity contribution in [3.63, 3.8) is 0 Å². The Labute approximate surface area is 112 Å². The van der Waals surface area contributed by atoms with E-state index in [-0.39, 0.29) is 0 Å². The molecule has 0 spiro atoms. The molecule has 0 aromatic carbocycles. The minimum absolute atomic E-state index is 0.579. The fourth-order valence-corrected chi connectivity index (χ4v) is 2.18. The monoisotopic (exact) mass is 258 g/mol. The van der Waals surface area contributed by atoms with Gasteiger partial charge in [-0.2, -0.15) is 0 Å². The largest absolute Gasteiger partial charge is 0.368 e. The van der Waals surface area contributed by atoms with E-state index in [2.05, 4.69) is 9.97 Å². The first kappa shape index (κ1) is 13.6. The van der Waals surface area contributed by atoms with Gasteiger partial charge in [-0.15, -0.1) is 0 Å². The van der Waals surface area contributed by atoms with Gasteiger partial charge >= 0.3 is 0 Å². The molecule has 0 aliphatic heterocycles. The third kappa shape index (κ3) is 3.59. The van der Waals surface area contributed by atoms with Gasteiger partial charge in [-0.05, 0) is 48.2 Å². The van der Waals surface area contributed by atoms with Gasteiger partial charge in [0.1, 0.15) is 0 Å². The van der Waals surface area contributed by atoms with E-state index in [1.54, 1.807) is 24.8 Å². The molecule has 0 saturated carbocycles. The molecule has 2 N–H and O–H groups in total. The van der Waals surface area contributed by atoms with Crippen LogP contribution in [0.2, 0.25) is 0 Å². The number of aliphatic hydroxyl groups excluding tert-OH is 1. The van der Waals surface area contributed by atoms with Gasteiger partial charge in [0.15, 0.2) is 6.29 Å². The molecule has 0 bridgehead atoms. The molecule has 4 heteroatoms. The van der Waals surface area contributed by atoms with Crippen molar-refractivity contribution in [2.45, 2.75) is 26.1 Å². The number of nitrogens with zero attached hydrogens (tertiary/aromatic N) is 2. The lowest BCUT2D eigenvalue weighted by Gasteiger charge is -2.31. The van der Waals surface area contributed by atoms with E-state index in [4.69, 9.17) is 0 Å². The summed E-state index contributed by atoms with van der Waals surface area (Å²) in [7, 11) is 0. The molecule has 0 aliphatic carbocycles. The Morgan fingerprint density at radius 3 is 1.58 bits per heavy atom. The average molecular weight is 258 g/mol. The first-order chi connectivity index (χ1) is 9.10. The Morgan fingerprint density at radius 1 is 0.895 bits per heavy atom. The average Bonchev–Trinajstić information content (AvgIpc) is 2.40. The topological polar surface area (TPSA) is 66.2 Å². The van der Waals surface area contributed by atoms with Crippen LogP contribution in [0.5, 0.6) is 0 Å². The molecule has 2 aromatic heterocycles. The van der Waals surface area contributed by atoms with Crippen molar-refractivity contribution in [1.29, 1.82) is 0 Å². The highest BCUT2D eigenvalue weighted by Gasteiger charge is 2.32. The molecular formula is C15H18N2O2. The van der Waals surface area contributed by atoms with Gasteiger partial charge in [-0.3, -0.25) is 9.97 Å². The van der Waals surface area contributed by atoms with E-state index >= 15 is 0 Å². The molecule has 0 saturated heterocycles. The lowest BCUT2D eigenvalue weighted by atomic mass is 9.78. The Bertz CT molecular complexity index is 459. The van der Waals surface area contributed by atoms with E-state index in [1.165, 1.54) is 0 Å². The predicted octanol–water partition coefficient (Wildman–Crippen LogP) is 1.58. The van der Waals surface area contributed by atoms with Gasteiger partial charge in [0, 0.05) is 30.2 Å². The third-order valence-corrected chi connectivity index (χ3v) is 3.34. The van der Waals surface area contributed by atoms with Gasteiger partial charge in [0.05, 0.1) is 0 Å². The van der Waals surface area contributed by atoms with Crippen LogP contribution in [0.3, 0.4) is 0 Å². The molecule has 0 unspecified atom stereocenters. The molecule has 0 radical (unpaired) electrons. The van der Waals surface area contributed by atoms with Crippen LogP contribution in [-0.4, -0.2) is 26.5 Å². The third-order valence-electron chi connectivity index (χ3n) is 3.34. The minimum atomic E-state index is -1.38. The van der Waals surface area contributed by atoms with Gasteiger partial charge in [0.25, 0.3) is 0 Å². The summed E-state index contributed by atoms with van der Waals surface area (Å²) in [6.45, 7) is 1.87. The summed E-state index contributed by atoms with van der Waals surface area (Å²) in [5.74, 6) is 0. The zero-order valence-electron chi connectivity index (χ0n) is 10.9. The molecule has 100 valence electrons. The van der Waals surface area contributed by atoms with Crippen LogP contribution >= 0.6 is 0 Å². The quantitative estimate of drug-likeness (QED) is 0.799. The molecule has 4 nitrogen and oxygen atoms in total. The van der Waals surface area contributed by atoms with Gasteiger partial charge < -0.3 is 10.2 Å². The molecule has 2 rings (SSSR count). The first-order valence-electron chi connectivity index (χ1n) is 6.24. The number of pyridine rings is 2. The van der Waals surface area contributed by atoms with E-state index in [9.17, 15) is 10.2 Å². The van der Waals surface area contributed by atoms with Crippen molar-refractivity contribution in [3.8, 4) is 0 Å². The molecule has 0 amide bonds. The standard InChI is InChI=1S/C15H18N2O2/c1-15(14(18)19,10-12-2-6-16-7-3-12)11-13-4-8-17-9-5-13/h2-9,14,18-19H,10-11H2,1H3. The predicted molar refractivity (Wildman–Crippen MR) is 72.2 cm³/mol. The highest BCUT2D eigenvalue weighted by molar-refractivity contribution is 5.17. The van der Waals surface area contributed by atoms with Crippen LogP contribution in [0.4, 0.5) is 0 Å². The zero-order chi connectivity index (χ0) is 13.7. The van der Waals surface area contributed by atoms with E-state index in [0.29, 0.717) is 12.8 Å². The molecule has 2 heterocycles. The smallest absolute Gasteiger partial charge is 0.157 e. The van der Waals surface area contributed by atoms with E-state index < -0.39 is 11.7 Å². The summed E-state index contributed by atoms with van der Waals surface area (Å²) in [5, 5.41) is 19.4. The Hall–Kier alpha value is -1.78. The summed E-state index contributed by atoms with van der Waals surface area (Å²) in [5.41, 5.74) is 1.45. The summed E-state index contributed by atoms with van der Waals surface area (Å²) in [6.07, 6.45) is 6.63. The zero-order valence-corrected chi connectivity index (χ0v) is 10.9. The fraction of sp³-hybridized carbons (Fsp3) is 0.333. The lowest BCUT2D eigenvalue weighted by Crippen LogP contribution is -2.36. The van der Waals surface area contributed by atoms with Crippen LogP contribution in [0, 0.1) is 5.41 Å². The van der Waals surface area contributed by atoms with Crippen molar-refractivity contribution < 1.29 is 10.2 Å². The van der Waals surface area contributed by atoms with Gasteiger partial charge in [0.2, 0.25) is 0 Å². The second-order valence-electron chi connectivity index (χ2n) is 5.09. The Morgan fingerprint density at radius 2 is 1.26 bits per heavy atom. The van der Waals surface area contributed by atoms with Gasteiger partial charge in [-0.25, -0.2) is 0 Å². The highest BCUT2D eigenvalue weighted by Crippen LogP contribution is 2.30. The van der Waals surface area contributed by atoms with E-state index in [0.717, 1.165) is 11.1 Å². The molecule has 0 atom stereocenters. The Kier molecular flexibility index (Phi) is 4.24. The van der Waals surface area contributed by atoms with Crippen molar-refractivity contribution >= 4 is 0 Å². The normalized spacial score (nSPS) is 11.8. The summed E-state index contributed by atoms with van der Waals surface area (Å²) in [6, 6.07) is 7.58. The summed E-state index contributed by atoms with van der Waals surface area (Å²) < 4.78 is 0.